The summed E-state index contributed by atoms with van der Waals surface area (Å²) in [6.07, 6.45) is 4.00. The van der Waals surface area contributed by atoms with Gasteiger partial charge < -0.3 is 5.32 Å². The molecular formula is C13H23N3O2S. The third-order valence-corrected chi connectivity index (χ3v) is 4.36. The van der Waals surface area contributed by atoms with Gasteiger partial charge in [0.2, 0.25) is 0 Å². The van der Waals surface area contributed by atoms with Crippen LogP contribution in [-0.2, 0) is 16.3 Å². The molecule has 0 fully saturated rings. The zero-order valence-corrected chi connectivity index (χ0v) is 12.9. The van der Waals surface area contributed by atoms with Gasteiger partial charge in [0.1, 0.15) is 16.9 Å². The predicted molar refractivity (Wildman–Crippen MR) is 78.1 cm³/mol. The van der Waals surface area contributed by atoms with Gasteiger partial charge in [-0.2, -0.15) is 0 Å². The molecule has 0 aromatic carbocycles. The minimum absolute atomic E-state index is 0.382. The molecule has 5 nitrogen and oxygen atoms in total. The summed E-state index contributed by atoms with van der Waals surface area (Å²) in [6.45, 7) is 6.58. The number of hydrogen-bond donors (Lipinski definition) is 1. The molecule has 0 amide bonds. The molecule has 19 heavy (non-hydrogen) atoms. The van der Waals surface area contributed by atoms with Gasteiger partial charge >= 0.3 is 0 Å². The van der Waals surface area contributed by atoms with E-state index in [2.05, 4.69) is 29.1 Å². The highest BCUT2D eigenvalue weighted by Gasteiger charge is 2.21. The minimum atomic E-state index is -3.18. The molecule has 0 saturated heterocycles. The number of nitrogens with zero attached hydrogens (tertiary/aromatic N) is 2. The van der Waals surface area contributed by atoms with Gasteiger partial charge in [0.15, 0.2) is 9.84 Å². The smallest absolute Gasteiger partial charge is 0.157 e. The Morgan fingerprint density at radius 1 is 1.26 bits per heavy atom. The van der Waals surface area contributed by atoms with E-state index >= 15 is 0 Å². The van der Waals surface area contributed by atoms with E-state index in [-0.39, 0.29) is 0 Å². The molecule has 1 unspecified atom stereocenters. The fourth-order valence-corrected chi connectivity index (χ4v) is 2.11. The quantitative estimate of drug-likeness (QED) is 0.832. The van der Waals surface area contributed by atoms with Gasteiger partial charge in [-0.05, 0) is 19.8 Å². The monoisotopic (exact) mass is 285 g/mol. The zero-order chi connectivity index (χ0) is 14.5. The van der Waals surface area contributed by atoms with Crippen LogP contribution in [0.1, 0.15) is 50.4 Å². The molecule has 0 aliphatic rings. The van der Waals surface area contributed by atoms with E-state index in [1.165, 1.54) is 6.26 Å². The first-order valence-electron chi connectivity index (χ1n) is 6.69. The molecule has 0 radical (unpaired) electrons. The summed E-state index contributed by atoms with van der Waals surface area (Å²) in [5.41, 5.74) is 0.890. The van der Waals surface area contributed by atoms with Crippen molar-refractivity contribution in [3.63, 3.8) is 0 Å². The standard InChI is InChI=1S/C13H23N3O2S/c1-5-7-11-9-12(14-8-6-2)16-13(15-11)10(3)19(4,17)18/h9-10H,5-8H2,1-4H3,(H,14,15,16). The van der Waals surface area contributed by atoms with Crippen LogP contribution < -0.4 is 5.32 Å². The fraction of sp³-hybridized carbons (Fsp3) is 0.692. The van der Waals surface area contributed by atoms with Crippen molar-refractivity contribution in [3.8, 4) is 0 Å². The predicted octanol–water partition coefficient (Wildman–Crippen LogP) is 2.36. The summed E-state index contributed by atoms with van der Waals surface area (Å²) in [5, 5.41) is 2.52. The van der Waals surface area contributed by atoms with Crippen molar-refractivity contribution in [3.05, 3.63) is 17.6 Å². The van der Waals surface area contributed by atoms with Crippen molar-refractivity contribution in [1.82, 2.24) is 9.97 Å². The minimum Gasteiger partial charge on any atom is -0.370 e. The Bertz CT molecular complexity index is 515. The van der Waals surface area contributed by atoms with Gasteiger partial charge in [-0.3, -0.25) is 0 Å². The number of hydrogen-bond acceptors (Lipinski definition) is 5. The molecular weight excluding hydrogens is 262 g/mol. The molecule has 108 valence electrons. The highest BCUT2D eigenvalue weighted by molar-refractivity contribution is 7.90. The van der Waals surface area contributed by atoms with Crippen LogP contribution in [0.25, 0.3) is 0 Å². The molecule has 1 aromatic heterocycles. The maximum atomic E-state index is 11.6. The Morgan fingerprint density at radius 3 is 2.47 bits per heavy atom. The van der Waals surface area contributed by atoms with E-state index in [4.69, 9.17) is 0 Å². The lowest BCUT2D eigenvalue weighted by atomic mass is 10.2. The Kier molecular flexibility index (Phi) is 5.72. The zero-order valence-electron chi connectivity index (χ0n) is 12.1. The van der Waals surface area contributed by atoms with Crippen molar-refractivity contribution in [2.45, 2.75) is 45.3 Å². The van der Waals surface area contributed by atoms with Crippen LogP contribution in [0.4, 0.5) is 5.82 Å². The normalized spacial score (nSPS) is 13.3. The second kappa shape index (κ2) is 6.84. The lowest BCUT2D eigenvalue weighted by Gasteiger charge is -2.12. The van der Waals surface area contributed by atoms with Crippen LogP contribution in [0.15, 0.2) is 6.07 Å². The van der Waals surface area contributed by atoms with E-state index in [1.54, 1.807) is 6.92 Å². The number of sulfone groups is 1. The van der Waals surface area contributed by atoms with Crippen molar-refractivity contribution in [2.75, 3.05) is 18.1 Å². The van der Waals surface area contributed by atoms with Gasteiger partial charge in [-0.1, -0.05) is 20.3 Å². The summed E-state index contributed by atoms with van der Waals surface area (Å²) < 4.78 is 23.3. The molecule has 1 aromatic rings. The molecule has 1 heterocycles. The maximum Gasteiger partial charge on any atom is 0.157 e. The second-order valence-electron chi connectivity index (χ2n) is 4.75. The Balaban J connectivity index is 3.12. The average Bonchev–Trinajstić information content (AvgIpc) is 2.34. The highest BCUT2D eigenvalue weighted by Crippen LogP contribution is 2.20. The number of anilines is 1. The van der Waals surface area contributed by atoms with Crippen molar-refractivity contribution in [1.29, 1.82) is 0 Å². The average molecular weight is 285 g/mol. The SMILES string of the molecule is CCCNc1cc(CCC)nc(C(C)S(C)(=O)=O)n1. The Labute approximate surface area is 115 Å². The van der Waals surface area contributed by atoms with Gasteiger partial charge in [0.25, 0.3) is 0 Å². The van der Waals surface area contributed by atoms with Gasteiger partial charge in [0.05, 0.1) is 0 Å². The van der Waals surface area contributed by atoms with E-state index in [9.17, 15) is 8.42 Å². The van der Waals surface area contributed by atoms with Gasteiger partial charge in [-0.15, -0.1) is 0 Å². The van der Waals surface area contributed by atoms with Crippen LogP contribution >= 0.6 is 0 Å². The van der Waals surface area contributed by atoms with Crippen molar-refractivity contribution in [2.24, 2.45) is 0 Å². The first-order chi connectivity index (χ1) is 8.88. The van der Waals surface area contributed by atoms with Crippen LogP contribution in [0, 0.1) is 0 Å². The highest BCUT2D eigenvalue weighted by atomic mass is 32.2. The number of aromatic nitrogens is 2. The summed E-state index contributed by atoms with van der Waals surface area (Å²) >= 11 is 0. The number of aryl methyl sites for hydroxylation is 1. The van der Waals surface area contributed by atoms with Crippen LogP contribution in [0.2, 0.25) is 0 Å². The third-order valence-electron chi connectivity index (χ3n) is 2.86. The maximum absolute atomic E-state index is 11.6. The topological polar surface area (TPSA) is 72.0 Å². The van der Waals surface area contributed by atoms with Crippen molar-refractivity contribution < 1.29 is 8.42 Å². The summed E-state index contributed by atoms with van der Waals surface area (Å²) in [5.74, 6) is 1.10. The summed E-state index contributed by atoms with van der Waals surface area (Å²) in [6, 6.07) is 1.90. The third kappa shape index (κ3) is 4.78. The molecule has 0 saturated carbocycles. The molecule has 1 N–H and O–H groups in total. The van der Waals surface area contributed by atoms with Crippen LogP contribution in [-0.4, -0.2) is 31.2 Å². The molecule has 0 spiro atoms. The lowest BCUT2D eigenvalue weighted by molar-refractivity contribution is 0.588. The van der Waals surface area contributed by atoms with Crippen molar-refractivity contribution >= 4 is 15.7 Å². The first-order valence-corrected chi connectivity index (χ1v) is 8.64. The molecule has 1 rings (SSSR count). The van der Waals surface area contributed by atoms with E-state index in [1.807, 2.05) is 6.07 Å². The van der Waals surface area contributed by atoms with E-state index < -0.39 is 15.1 Å². The molecule has 0 aliphatic heterocycles. The molecule has 0 aliphatic carbocycles. The second-order valence-corrected chi connectivity index (χ2v) is 7.12. The largest absolute Gasteiger partial charge is 0.370 e. The number of rotatable bonds is 7. The summed E-state index contributed by atoms with van der Waals surface area (Å²) in [4.78, 5) is 8.69. The van der Waals surface area contributed by atoms with Gasteiger partial charge in [-0.25, -0.2) is 18.4 Å². The van der Waals surface area contributed by atoms with E-state index in [0.717, 1.165) is 31.5 Å². The molecule has 6 heteroatoms. The Hall–Kier alpha value is -1.17. The van der Waals surface area contributed by atoms with Crippen LogP contribution in [0.5, 0.6) is 0 Å². The van der Waals surface area contributed by atoms with Crippen LogP contribution in [0.3, 0.4) is 0 Å². The summed E-state index contributed by atoms with van der Waals surface area (Å²) in [7, 11) is -3.18. The lowest BCUT2D eigenvalue weighted by Crippen LogP contribution is -2.14. The fourth-order valence-electron chi connectivity index (χ4n) is 1.62. The molecule has 0 bridgehead atoms. The Morgan fingerprint density at radius 2 is 1.95 bits per heavy atom. The van der Waals surface area contributed by atoms with E-state index in [0.29, 0.717) is 11.6 Å². The number of nitrogens with one attached hydrogen (secondary N) is 1. The van der Waals surface area contributed by atoms with Gasteiger partial charge in [0, 0.05) is 24.6 Å². The first kappa shape index (κ1) is 15.9. The molecule has 1 atom stereocenters.